The minimum atomic E-state index is -0.0682. The van der Waals surface area contributed by atoms with Crippen LogP contribution < -0.4 is 5.32 Å². The van der Waals surface area contributed by atoms with E-state index in [1.54, 1.807) is 0 Å². The third kappa shape index (κ3) is 3.41. The van der Waals surface area contributed by atoms with Crippen molar-refractivity contribution in [3.63, 3.8) is 0 Å². The number of aromatic nitrogens is 2. The molecule has 1 amide bonds. The Morgan fingerprint density at radius 2 is 1.86 bits per heavy atom. The van der Waals surface area contributed by atoms with E-state index in [0.717, 1.165) is 33.3 Å². The Labute approximate surface area is 164 Å². The standard InChI is InChI=1S/C24H23N3O/c1-16-6-4-5-7-18(16)14-26-24(28)22-12-20(19-9-8-17(2)25-15-19)13-23-21(22)10-11-27(23)3/h4-13,15H,14H2,1-3H3,(H,26,28). The third-order valence-corrected chi connectivity index (χ3v) is 5.19. The molecule has 0 saturated heterocycles. The average molecular weight is 369 g/mol. The van der Waals surface area contributed by atoms with Crippen LogP contribution in [0.15, 0.2) is 67.0 Å². The SMILES string of the molecule is Cc1ccc(-c2cc(C(=O)NCc3ccccc3C)c3ccn(C)c3c2)cn1. The van der Waals surface area contributed by atoms with Gasteiger partial charge in [-0.2, -0.15) is 0 Å². The fourth-order valence-corrected chi connectivity index (χ4v) is 3.44. The number of aryl methyl sites for hydroxylation is 3. The van der Waals surface area contributed by atoms with Crippen LogP contribution in [-0.4, -0.2) is 15.5 Å². The van der Waals surface area contributed by atoms with Gasteiger partial charge < -0.3 is 9.88 Å². The molecule has 0 aliphatic rings. The van der Waals surface area contributed by atoms with Gasteiger partial charge in [-0.1, -0.05) is 30.3 Å². The summed E-state index contributed by atoms with van der Waals surface area (Å²) in [6.45, 7) is 4.53. The summed E-state index contributed by atoms with van der Waals surface area (Å²) in [5, 5.41) is 4.03. The highest BCUT2D eigenvalue weighted by molar-refractivity contribution is 6.08. The van der Waals surface area contributed by atoms with Gasteiger partial charge in [-0.15, -0.1) is 0 Å². The predicted molar refractivity (Wildman–Crippen MR) is 113 cm³/mol. The van der Waals surface area contributed by atoms with Crippen molar-refractivity contribution < 1.29 is 4.79 Å². The molecule has 0 fully saturated rings. The van der Waals surface area contributed by atoms with E-state index in [1.165, 1.54) is 5.56 Å². The smallest absolute Gasteiger partial charge is 0.252 e. The molecule has 2 aromatic carbocycles. The monoisotopic (exact) mass is 369 g/mol. The number of carbonyl (C=O) groups excluding carboxylic acids is 1. The van der Waals surface area contributed by atoms with Gasteiger partial charge in [0.2, 0.25) is 0 Å². The zero-order chi connectivity index (χ0) is 19.7. The number of nitrogens with one attached hydrogen (secondary N) is 1. The molecule has 140 valence electrons. The summed E-state index contributed by atoms with van der Waals surface area (Å²) in [6, 6.07) is 18.2. The van der Waals surface area contributed by atoms with E-state index in [1.807, 2.05) is 73.4 Å². The largest absolute Gasteiger partial charge is 0.351 e. The average Bonchev–Trinajstić information content (AvgIpc) is 3.08. The highest BCUT2D eigenvalue weighted by atomic mass is 16.1. The third-order valence-electron chi connectivity index (χ3n) is 5.19. The van der Waals surface area contributed by atoms with E-state index < -0.39 is 0 Å². The summed E-state index contributed by atoms with van der Waals surface area (Å²) in [5.41, 5.74) is 6.97. The normalized spacial score (nSPS) is 11.0. The van der Waals surface area contributed by atoms with Crippen molar-refractivity contribution in [3.05, 3.63) is 89.4 Å². The lowest BCUT2D eigenvalue weighted by atomic mass is 10.0. The molecule has 2 heterocycles. The molecule has 0 radical (unpaired) electrons. The van der Waals surface area contributed by atoms with Crippen molar-refractivity contribution in [2.45, 2.75) is 20.4 Å². The van der Waals surface area contributed by atoms with Crippen LogP contribution in [-0.2, 0) is 13.6 Å². The molecule has 0 atom stereocenters. The number of carbonyl (C=O) groups is 1. The molecule has 0 bridgehead atoms. The van der Waals surface area contributed by atoms with E-state index in [9.17, 15) is 4.79 Å². The number of hydrogen-bond donors (Lipinski definition) is 1. The van der Waals surface area contributed by atoms with Crippen molar-refractivity contribution in [2.75, 3.05) is 0 Å². The second-order valence-corrected chi connectivity index (χ2v) is 7.18. The Kier molecular flexibility index (Phi) is 4.70. The van der Waals surface area contributed by atoms with Crippen LogP contribution in [0.1, 0.15) is 27.2 Å². The summed E-state index contributed by atoms with van der Waals surface area (Å²) in [4.78, 5) is 17.5. The lowest BCUT2D eigenvalue weighted by Crippen LogP contribution is -2.23. The van der Waals surface area contributed by atoms with Crippen LogP contribution in [0, 0.1) is 13.8 Å². The van der Waals surface area contributed by atoms with Crippen LogP contribution >= 0.6 is 0 Å². The van der Waals surface area contributed by atoms with E-state index in [2.05, 4.69) is 29.4 Å². The first-order valence-electron chi connectivity index (χ1n) is 9.38. The summed E-state index contributed by atoms with van der Waals surface area (Å²) in [6.07, 6.45) is 3.84. The van der Waals surface area contributed by atoms with Crippen LogP contribution in [0.4, 0.5) is 0 Å². The minimum absolute atomic E-state index is 0.0682. The fourth-order valence-electron chi connectivity index (χ4n) is 3.44. The van der Waals surface area contributed by atoms with E-state index in [4.69, 9.17) is 0 Å². The van der Waals surface area contributed by atoms with Gasteiger partial charge in [0.1, 0.15) is 0 Å². The maximum atomic E-state index is 13.1. The lowest BCUT2D eigenvalue weighted by molar-refractivity contribution is 0.0952. The molecule has 4 nitrogen and oxygen atoms in total. The Morgan fingerprint density at radius 3 is 2.61 bits per heavy atom. The molecule has 0 aliphatic carbocycles. The van der Waals surface area contributed by atoms with Crippen molar-refractivity contribution in [2.24, 2.45) is 7.05 Å². The molecule has 4 heteroatoms. The summed E-state index contributed by atoms with van der Waals surface area (Å²) >= 11 is 0. The molecule has 4 aromatic rings. The van der Waals surface area contributed by atoms with E-state index >= 15 is 0 Å². The summed E-state index contributed by atoms with van der Waals surface area (Å²) < 4.78 is 2.04. The number of amides is 1. The molecule has 1 N–H and O–H groups in total. The maximum Gasteiger partial charge on any atom is 0.252 e. The minimum Gasteiger partial charge on any atom is -0.351 e. The number of benzene rings is 2. The van der Waals surface area contributed by atoms with Crippen LogP contribution in [0.25, 0.3) is 22.0 Å². The van der Waals surface area contributed by atoms with Crippen molar-refractivity contribution in [1.82, 2.24) is 14.9 Å². The van der Waals surface area contributed by atoms with Gasteiger partial charge in [0.15, 0.2) is 0 Å². The molecule has 2 aromatic heterocycles. The van der Waals surface area contributed by atoms with Gasteiger partial charge in [0.25, 0.3) is 5.91 Å². The number of nitrogens with zero attached hydrogens (tertiary/aromatic N) is 2. The van der Waals surface area contributed by atoms with Gasteiger partial charge in [-0.05, 0) is 54.8 Å². The van der Waals surface area contributed by atoms with E-state index in [-0.39, 0.29) is 5.91 Å². The quantitative estimate of drug-likeness (QED) is 0.562. The summed E-state index contributed by atoms with van der Waals surface area (Å²) in [7, 11) is 1.99. The Hall–Kier alpha value is -3.40. The zero-order valence-electron chi connectivity index (χ0n) is 16.4. The molecular weight excluding hydrogens is 346 g/mol. The van der Waals surface area contributed by atoms with Crippen LogP contribution in [0.3, 0.4) is 0 Å². The van der Waals surface area contributed by atoms with Crippen LogP contribution in [0.5, 0.6) is 0 Å². The topological polar surface area (TPSA) is 46.9 Å². The number of rotatable bonds is 4. The second-order valence-electron chi connectivity index (χ2n) is 7.18. The molecular formula is C24H23N3O. The van der Waals surface area contributed by atoms with Gasteiger partial charge >= 0.3 is 0 Å². The maximum absolute atomic E-state index is 13.1. The van der Waals surface area contributed by atoms with Gasteiger partial charge in [-0.25, -0.2) is 0 Å². The summed E-state index contributed by atoms with van der Waals surface area (Å²) in [5.74, 6) is -0.0682. The van der Waals surface area contributed by atoms with Crippen LogP contribution in [0.2, 0.25) is 0 Å². The highest BCUT2D eigenvalue weighted by Crippen LogP contribution is 2.28. The van der Waals surface area contributed by atoms with Crippen molar-refractivity contribution in [1.29, 1.82) is 0 Å². The fraction of sp³-hybridized carbons (Fsp3) is 0.167. The lowest BCUT2D eigenvalue weighted by Gasteiger charge is -2.11. The number of hydrogen-bond acceptors (Lipinski definition) is 2. The van der Waals surface area contributed by atoms with E-state index in [0.29, 0.717) is 12.1 Å². The van der Waals surface area contributed by atoms with Crippen molar-refractivity contribution in [3.8, 4) is 11.1 Å². The molecule has 0 unspecified atom stereocenters. The predicted octanol–water partition coefficient (Wildman–Crippen LogP) is 4.79. The Bertz CT molecular complexity index is 1160. The first-order chi connectivity index (χ1) is 13.5. The van der Waals surface area contributed by atoms with Gasteiger partial charge in [0, 0.05) is 53.7 Å². The zero-order valence-corrected chi connectivity index (χ0v) is 16.4. The molecule has 0 spiro atoms. The van der Waals surface area contributed by atoms with Crippen molar-refractivity contribution >= 4 is 16.8 Å². The molecule has 0 saturated carbocycles. The molecule has 0 aliphatic heterocycles. The van der Waals surface area contributed by atoms with Gasteiger partial charge in [-0.3, -0.25) is 9.78 Å². The number of pyridine rings is 1. The Balaban J connectivity index is 1.72. The first-order valence-corrected chi connectivity index (χ1v) is 9.38. The second kappa shape index (κ2) is 7.31. The highest BCUT2D eigenvalue weighted by Gasteiger charge is 2.15. The number of fused-ring (bicyclic) bond motifs is 1. The van der Waals surface area contributed by atoms with Gasteiger partial charge in [0.05, 0.1) is 0 Å². The first kappa shape index (κ1) is 18.0. The Morgan fingerprint density at radius 1 is 1.04 bits per heavy atom. The molecule has 4 rings (SSSR count). The molecule has 28 heavy (non-hydrogen) atoms.